The minimum absolute atomic E-state index is 0.0423. The van der Waals surface area contributed by atoms with Crippen LogP contribution in [-0.2, 0) is 26.2 Å². The first kappa shape index (κ1) is 28.2. The number of carbonyl (C=O) groups excluding carboxylic acids is 2. The summed E-state index contributed by atoms with van der Waals surface area (Å²) in [5.41, 5.74) is 2.24. The van der Waals surface area contributed by atoms with Gasteiger partial charge in [0.1, 0.15) is 18.3 Å². The van der Waals surface area contributed by atoms with Gasteiger partial charge in [-0.3, -0.25) is 13.9 Å². The second-order valence-corrected chi connectivity index (χ2v) is 10.6. The molecule has 0 fully saturated rings. The van der Waals surface area contributed by atoms with Gasteiger partial charge in [0.25, 0.3) is 0 Å². The van der Waals surface area contributed by atoms with E-state index < -0.39 is 28.5 Å². The number of benzene rings is 2. The van der Waals surface area contributed by atoms with Gasteiger partial charge in [0.2, 0.25) is 21.8 Å². The number of hydrogen-bond donors (Lipinski definition) is 1. The third-order valence-corrected chi connectivity index (χ3v) is 7.00. The van der Waals surface area contributed by atoms with Crippen molar-refractivity contribution in [1.29, 1.82) is 0 Å². The molecule has 2 atom stereocenters. The molecule has 0 aliphatic rings. The Morgan fingerprint density at radius 2 is 1.71 bits per heavy atom. The lowest BCUT2D eigenvalue weighted by Gasteiger charge is -2.33. The Labute approximate surface area is 209 Å². The standard InChI is InChI=1S/C26H37N3O5S/c1-7-20(4)27-26(31)24(8-2)28(17-21-11-9-10-19(3)16-21)25(30)18-29(35(6,32)33)22-12-14-23(34-5)15-13-22/h9-16,20,24H,7-8,17-18H2,1-6H3,(H,27,31)/t20-,24-/m0/s1. The van der Waals surface area contributed by atoms with Crippen molar-refractivity contribution in [3.8, 4) is 5.75 Å². The number of hydrogen-bond acceptors (Lipinski definition) is 5. The Bertz CT molecular complexity index is 1100. The summed E-state index contributed by atoms with van der Waals surface area (Å²) < 4.78 is 31.5. The fourth-order valence-corrected chi connectivity index (χ4v) is 4.58. The van der Waals surface area contributed by atoms with E-state index in [1.807, 2.05) is 52.0 Å². The Morgan fingerprint density at radius 3 is 2.23 bits per heavy atom. The van der Waals surface area contributed by atoms with Crippen molar-refractivity contribution < 1.29 is 22.7 Å². The van der Waals surface area contributed by atoms with Crippen molar-refractivity contribution in [2.75, 3.05) is 24.2 Å². The predicted molar refractivity (Wildman–Crippen MR) is 139 cm³/mol. The molecule has 0 aliphatic heterocycles. The molecule has 1 N–H and O–H groups in total. The molecule has 2 amide bonds. The molecule has 0 heterocycles. The van der Waals surface area contributed by atoms with Crippen LogP contribution in [0.2, 0.25) is 0 Å². The van der Waals surface area contributed by atoms with Crippen molar-refractivity contribution in [1.82, 2.24) is 10.2 Å². The van der Waals surface area contributed by atoms with Gasteiger partial charge >= 0.3 is 0 Å². The van der Waals surface area contributed by atoms with E-state index >= 15 is 0 Å². The van der Waals surface area contributed by atoms with Gasteiger partial charge in [0.15, 0.2) is 0 Å². The number of carbonyl (C=O) groups is 2. The molecule has 0 radical (unpaired) electrons. The van der Waals surface area contributed by atoms with E-state index in [0.29, 0.717) is 17.9 Å². The molecule has 0 aromatic heterocycles. The van der Waals surface area contributed by atoms with Crippen LogP contribution in [0.1, 0.15) is 44.7 Å². The van der Waals surface area contributed by atoms with Crippen LogP contribution < -0.4 is 14.4 Å². The van der Waals surface area contributed by atoms with Gasteiger partial charge in [0.05, 0.1) is 19.1 Å². The number of amides is 2. The van der Waals surface area contributed by atoms with Crippen molar-refractivity contribution in [3.63, 3.8) is 0 Å². The first-order valence-corrected chi connectivity index (χ1v) is 13.6. The van der Waals surface area contributed by atoms with Crippen molar-refractivity contribution in [2.45, 2.75) is 59.2 Å². The lowest BCUT2D eigenvalue weighted by Crippen LogP contribution is -2.53. The van der Waals surface area contributed by atoms with Gasteiger partial charge in [-0.2, -0.15) is 0 Å². The third-order valence-electron chi connectivity index (χ3n) is 5.86. The first-order valence-electron chi connectivity index (χ1n) is 11.8. The Balaban J connectivity index is 2.43. The van der Waals surface area contributed by atoms with Crippen molar-refractivity contribution in [2.24, 2.45) is 0 Å². The molecule has 9 heteroatoms. The van der Waals surface area contributed by atoms with E-state index in [-0.39, 0.29) is 18.5 Å². The maximum absolute atomic E-state index is 13.7. The molecule has 192 valence electrons. The highest BCUT2D eigenvalue weighted by molar-refractivity contribution is 7.92. The van der Waals surface area contributed by atoms with E-state index in [1.54, 1.807) is 24.3 Å². The monoisotopic (exact) mass is 503 g/mol. The zero-order valence-corrected chi connectivity index (χ0v) is 22.3. The molecule has 2 aromatic rings. The highest BCUT2D eigenvalue weighted by Crippen LogP contribution is 2.23. The van der Waals surface area contributed by atoms with E-state index in [1.165, 1.54) is 12.0 Å². The van der Waals surface area contributed by atoms with E-state index in [2.05, 4.69) is 5.32 Å². The van der Waals surface area contributed by atoms with Crippen LogP contribution in [0, 0.1) is 6.92 Å². The SMILES string of the molecule is CC[C@H](C)NC(=O)[C@H](CC)N(Cc1cccc(C)c1)C(=O)CN(c1ccc(OC)cc1)S(C)(=O)=O. The predicted octanol–water partition coefficient (Wildman–Crippen LogP) is 3.49. The van der Waals surface area contributed by atoms with Gasteiger partial charge in [0, 0.05) is 12.6 Å². The topological polar surface area (TPSA) is 96.0 Å². The average Bonchev–Trinajstić information content (AvgIpc) is 2.81. The number of sulfonamides is 1. The maximum atomic E-state index is 13.7. The summed E-state index contributed by atoms with van der Waals surface area (Å²) in [4.78, 5) is 28.3. The summed E-state index contributed by atoms with van der Waals surface area (Å²) in [6, 6.07) is 13.4. The summed E-state index contributed by atoms with van der Waals surface area (Å²) in [5.74, 6) is -0.139. The van der Waals surface area contributed by atoms with E-state index in [4.69, 9.17) is 4.74 Å². The molecule has 0 saturated carbocycles. The van der Waals surface area contributed by atoms with Crippen LogP contribution in [0.25, 0.3) is 0 Å². The fraction of sp³-hybridized carbons (Fsp3) is 0.462. The number of rotatable bonds is 12. The maximum Gasteiger partial charge on any atom is 0.244 e. The Kier molecular flexibility index (Phi) is 10.1. The highest BCUT2D eigenvalue weighted by atomic mass is 32.2. The minimum Gasteiger partial charge on any atom is -0.497 e. The van der Waals surface area contributed by atoms with Crippen molar-refractivity contribution >= 4 is 27.5 Å². The molecule has 0 aliphatic carbocycles. The molecular formula is C26H37N3O5S. The quantitative estimate of drug-likeness (QED) is 0.478. The third kappa shape index (κ3) is 7.99. The smallest absolute Gasteiger partial charge is 0.244 e. The molecule has 0 bridgehead atoms. The normalized spacial score (nSPS) is 13.0. The molecule has 2 aromatic carbocycles. The summed E-state index contributed by atoms with van der Waals surface area (Å²) >= 11 is 0. The number of ether oxygens (including phenoxy) is 1. The second kappa shape index (κ2) is 12.6. The van der Waals surface area contributed by atoms with Crippen LogP contribution in [0.3, 0.4) is 0 Å². The number of anilines is 1. The summed E-state index contributed by atoms with van der Waals surface area (Å²) in [6.07, 6.45) is 2.21. The van der Waals surface area contributed by atoms with Crippen LogP contribution in [-0.4, -0.2) is 57.1 Å². The van der Waals surface area contributed by atoms with Gasteiger partial charge in [-0.15, -0.1) is 0 Å². The second-order valence-electron chi connectivity index (χ2n) is 8.72. The van der Waals surface area contributed by atoms with E-state index in [9.17, 15) is 18.0 Å². The van der Waals surface area contributed by atoms with E-state index in [0.717, 1.165) is 28.1 Å². The molecule has 8 nitrogen and oxygen atoms in total. The zero-order chi connectivity index (χ0) is 26.2. The minimum atomic E-state index is -3.78. The number of methoxy groups -OCH3 is 1. The van der Waals surface area contributed by atoms with Crippen LogP contribution in [0.15, 0.2) is 48.5 Å². The van der Waals surface area contributed by atoms with Gasteiger partial charge in [-0.05, 0) is 56.5 Å². The number of aryl methyl sites for hydroxylation is 1. The molecule has 2 rings (SSSR count). The highest BCUT2D eigenvalue weighted by Gasteiger charge is 2.32. The molecule has 0 unspecified atom stereocenters. The summed E-state index contributed by atoms with van der Waals surface area (Å²) in [7, 11) is -2.26. The van der Waals surface area contributed by atoms with Crippen LogP contribution >= 0.6 is 0 Å². The summed E-state index contributed by atoms with van der Waals surface area (Å²) in [6.45, 7) is 7.44. The van der Waals surface area contributed by atoms with Crippen molar-refractivity contribution in [3.05, 3.63) is 59.7 Å². The zero-order valence-electron chi connectivity index (χ0n) is 21.4. The molecular weight excluding hydrogens is 466 g/mol. The number of nitrogens with zero attached hydrogens (tertiary/aromatic N) is 2. The molecule has 35 heavy (non-hydrogen) atoms. The largest absolute Gasteiger partial charge is 0.497 e. The fourth-order valence-electron chi connectivity index (χ4n) is 3.73. The Hall–Kier alpha value is -3.07. The number of nitrogens with one attached hydrogen (secondary N) is 1. The first-order chi connectivity index (χ1) is 16.5. The summed E-state index contributed by atoms with van der Waals surface area (Å²) in [5, 5.41) is 2.96. The lowest BCUT2D eigenvalue weighted by molar-refractivity contribution is -0.140. The Morgan fingerprint density at radius 1 is 1.06 bits per heavy atom. The average molecular weight is 504 g/mol. The van der Waals surface area contributed by atoms with Gasteiger partial charge < -0.3 is 15.0 Å². The van der Waals surface area contributed by atoms with Crippen LogP contribution in [0.5, 0.6) is 5.75 Å². The van der Waals surface area contributed by atoms with Gasteiger partial charge in [-0.1, -0.05) is 43.7 Å². The lowest BCUT2D eigenvalue weighted by atomic mass is 10.1. The van der Waals surface area contributed by atoms with Gasteiger partial charge in [-0.25, -0.2) is 8.42 Å². The van der Waals surface area contributed by atoms with Crippen LogP contribution in [0.4, 0.5) is 5.69 Å². The molecule has 0 saturated heterocycles. The molecule has 0 spiro atoms.